The Balaban J connectivity index is 1.37. The van der Waals surface area contributed by atoms with E-state index in [0.29, 0.717) is 42.9 Å². The van der Waals surface area contributed by atoms with Gasteiger partial charge in [0, 0.05) is 25.8 Å². The summed E-state index contributed by atoms with van der Waals surface area (Å²) in [7, 11) is 1.76. The van der Waals surface area contributed by atoms with Gasteiger partial charge in [-0.25, -0.2) is 4.79 Å². The fraction of sp³-hybridized carbons (Fsp3) is 0.444. The number of carbonyl (C=O) groups excluding carboxylic acids is 3. The van der Waals surface area contributed by atoms with Crippen molar-refractivity contribution < 1.29 is 23.9 Å². The minimum atomic E-state index is -0.342. The van der Waals surface area contributed by atoms with Crippen LogP contribution >= 0.6 is 0 Å². The fourth-order valence-corrected chi connectivity index (χ4v) is 4.59. The number of fused-ring (bicyclic) bond motifs is 2. The molecular formula is C27H34N4O5. The monoisotopic (exact) mass is 494 g/mol. The Bertz CT molecular complexity index is 1080. The molecule has 0 aliphatic carbocycles. The van der Waals surface area contributed by atoms with Gasteiger partial charge in [-0.1, -0.05) is 37.3 Å². The van der Waals surface area contributed by atoms with Crippen molar-refractivity contribution in [2.45, 2.75) is 57.4 Å². The molecule has 2 aromatic carbocycles. The lowest BCUT2D eigenvalue weighted by molar-refractivity contribution is -0.134. The predicted molar refractivity (Wildman–Crippen MR) is 136 cm³/mol. The van der Waals surface area contributed by atoms with Crippen molar-refractivity contribution in [3.05, 3.63) is 59.7 Å². The summed E-state index contributed by atoms with van der Waals surface area (Å²) < 4.78 is 12.3. The summed E-state index contributed by atoms with van der Waals surface area (Å²) in [6.07, 6.45) is 1.90. The molecule has 0 aromatic heterocycles. The number of carbonyl (C=O) groups is 3. The number of nitrogens with one attached hydrogen (secondary N) is 3. The molecule has 0 radical (unpaired) electrons. The average molecular weight is 495 g/mol. The number of rotatable bonds is 7. The van der Waals surface area contributed by atoms with Crippen molar-refractivity contribution in [2.24, 2.45) is 0 Å². The van der Waals surface area contributed by atoms with E-state index in [0.717, 1.165) is 12.0 Å². The van der Waals surface area contributed by atoms with E-state index in [-0.39, 0.29) is 49.1 Å². The van der Waals surface area contributed by atoms with E-state index >= 15 is 0 Å². The molecule has 1 fully saturated rings. The Morgan fingerprint density at radius 1 is 1.08 bits per heavy atom. The molecule has 9 nitrogen and oxygen atoms in total. The SMILES string of the molecule is CCCNC(=O)Nc1ccc2c(c1)C(=O)N(C)[C@@H]1CC[C@@H](CC(=O)NCc3ccccc3)O[C@H]1CO2. The normalized spacial score (nSPS) is 21.2. The van der Waals surface area contributed by atoms with E-state index in [1.54, 1.807) is 30.1 Å². The zero-order valence-electron chi connectivity index (χ0n) is 20.8. The summed E-state index contributed by atoms with van der Waals surface area (Å²) in [4.78, 5) is 39.5. The summed E-state index contributed by atoms with van der Waals surface area (Å²) in [6.45, 7) is 3.29. The largest absolute Gasteiger partial charge is 0.490 e. The van der Waals surface area contributed by atoms with Gasteiger partial charge < -0.3 is 30.3 Å². The molecule has 0 unspecified atom stereocenters. The zero-order chi connectivity index (χ0) is 25.5. The third kappa shape index (κ3) is 6.34. The molecule has 2 aliphatic rings. The van der Waals surface area contributed by atoms with Crippen LogP contribution in [0.25, 0.3) is 0 Å². The van der Waals surface area contributed by atoms with Crippen LogP contribution in [0.15, 0.2) is 48.5 Å². The van der Waals surface area contributed by atoms with Gasteiger partial charge in [-0.15, -0.1) is 0 Å². The van der Waals surface area contributed by atoms with Crippen LogP contribution < -0.4 is 20.7 Å². The van der Waals surface area contributed by atoms with E-state index in [1.807, 2.05) is 37.3 Å². The molecule has 3 N–H and O–H groups in total. The minimum Gasteiger partial charge on any atom is -0.490 e. The highest BCUT2D eigenvalue weighted by Crippen LogP contribution is 2.32. The highest BCUT2D eigenvalue weighted by Gasteiger charge is 2.39. The summed E-state index contributed by atoms with van der Waals surface area (Å²) in [6, 6.07) is 14.3. The van der Waals surface area contributed by atoms with Crippen LogP contribution in [-0.2, 0) is 16.1 Å². The average Bonchev–Trinajstić information content (AvgIpc) is 2.89. The van der Waals surface area contributed by atoms with Gasteiger partial charge in [0.2, 0.25) is 5.91 Å². The van der Waals surface area contributed by atoms with Gasteiger partial charge in [0.25, 0.3) is 5.91 Å². The maximum absolute atomic E-state index is 13.3. The van der Waals surface area contributed by atoms with E-state index in [4.69, 9.17) is 9.47 Å². The lowest BCUT2D eigenvalue weighted by atomic mass is 9.94. The molecule has 0 bridgehead atoms. The lowest BCUT2D eigenvalue weighted by Gasteiger charge is -2.42. The number of hydrogen-bond acceptors (Lipinski definition) is 5. The highest BCUT2D eigenvalue weighted by molar-refractivity contribution is 5.99. The van der Waals surface area contributed by atoms with Crippen LogP contribution in [0.1, 0.15) is 48.5 Å². The van der Waals surface area contributed by atoms with E-state index in [2.05, 4.69) is 16.0 Å². The Hall–Kier alpha value is -3.59. The van der Waals surface area contributed by atoms with Gasteiger partial charge in [-0.3, -0.25) is 9.59 Å². The maximum Gasteiger partial charge on any atom is 0.319 e. The van der Waals surface area contributed by atoms with Crippen LogP contribution in [0.3, 0.4) is 0 Å². The van der Waals surface area contributed by atoms with Crippen molar-refractivity contribution in [3.8, 4) is 5.75 Å². The van der Waals surface area contributed by atoms with Gasteiger partial charge in [-0.05, 0) is 43.0 Å². The number of likely N-dealkylation sites (N-methyl/N-ethyl adjacent to an activating group) is 1. The molecule has 192 valence electrons. The van der Waals surface area contributed by atoms with E-state index in [1.165, 1.54) is 0 Å². The number of urea groups is 1. The molecule has 2 aliphatic heterocycles. The third-order valence-electron chi connectivity index (χ3n) is 6.55. The number of nitrogens with zero attached hydrogens (tertiary/aromatic N) is 1. The summed E-state index contributed by atoms with van der Waals surface area (Å²) in [5.74, 6) is 0.183. The number of amides is 4. The third-order valence-corrected chi connectivity index (χ3v) is 6.55. The smallest absolute Gasteiger partial charge is 0.319 e. The standard InChI is InChI=1S/C27H34N4O5/c1-3-13-28-27(34)30-19-9-12-23-21(14-19)26(33)31(2)22-11-10-20(36-24(22)17-35-23)15-25(32)29-16-18-7-5-4-6-8-18/h4-9,12,14,20,22,24H,3,10-11,13,15-17H2,1-2H3,(H,29,32)(H2,28,30,34)/t20-,22+,24-/m0/s1. The highest BCUT2D eigenvalue weighted by atomic mass is 16.5. The zero-order valence-corrected chi connectivity index (χ0v) is 20.8. The number of benzene rings is 2. The fourth-order valence-electron chi connectivity index (χ4n) is 4.59. The van der Waals surface area contributed by atoms with Crippen molar-refractivity contribution in [3.63, 3.8) is 0 Å². The van der Waals surface area contributed by atoms with Crippen LogP contribution in [0, 0.1) is 0 Å². The first-order valence-corrected chi connectivity index (χ1v) is 12.5. The summed E-state index contributed by atoms with van der Waals surface area (Å²) in [5, 5.41) is 8.46. The van der Waals surface area contributed by atoms with Crippen LogP contribution in [0.5, 0.6) is 5.75 Å². The second kappa shape index (κ2) is 11.9. The van der Waals surface area contributed by atoms with Crippen LogP contribution in [0.4, 0.5) is 10.5 Å². The molecule has 36 heavy (non-hydrogen) atoms. The summed E-state index contributed by atoms with van der Waals surface area (Å²) >= 11 is 0. The van der Waals surface area contributed by atoms with Crippen LogP contribution in [0.2, 0.25) is 0 Å². The van der Waals surface area contributed by atoms with Crippen molar-refractivity contribution in [1.82, 2.24) is 15.5 Å². The van der Waals surface area contributed by atoms with Gasteiger partial charge in [0.1, 0.15) is 18.5 Å². The number of ether oxygens (including phenoxy) is 2. The molecule has 1 saturated heterocycles. The molecule has 4 rings (SSSR count). The number of anilines is 1. The molecule has 2 aromatic rings. The van der Waals surface area contributed by atoms with Crippen LogP contribution in [-0.4, -0.2) is 61.2 Å². The first-order chi connectivity index (χ1) is 17.4. The molecule has 9 heteroatoms. The lowest BCUT2D eigenvalue weighted by Crippen LogP contribution is -2.53. The second-order valence-electron chi connectivity index (χ2n) is 9.23. The van der Waals surface area contributed by atoms with Crippen molar-refractivity contribution >= 4 is 23.5 Å². The second-order valence-corrected chi connectivity index (χ2v) is 9.23. The molecule has 2 heterocycles. The van der Waals surface area contributed by atoms with Crippen molar-refractivity contribution in [1.29, 1.82) is 0 Å². The molecular weight excluding hydrogens is 460 g/mol. The minimum absolute atomic E-state index is 0.0631. The topological polar surface area (TPSA) is 109 Å². The predicted octanol–water partition coefficient (Wildman–Crippen LogP) is 3.31. The molecule has 4 amide bonds. The van der Waals surface area contributed by atoms with E-state index < -0.39 is 0 Å². The molecule has 0 spiro atoms. The Labute approximate surface area is 211 Å². The van der Waals surface area contributed by atoms with Gasteiger partial charge in [-0.2, -0.15) is 0 Å². The maximum atomic E-state index is 13.3. The Kier molecular flexibility index (Phi) is 8.43. The molecule has 0 saturated carbocycles. The van der Waals surface area contributed by atoms with Crippen molar-refractivity contribution in [2.75, 3.05) is 25.5 Å². The van der Waals surface area contributed by atoms with Gasteiger partial charge in [0.05, 0.1) is 24.1 Å². The van der Waals surface area contributed by atoms with E-state index in [9.17, 15) is 14.4 Å². The first kappa shape index (κ1) is 25.5. The van der Waals surface area contributed by atoms with Gasteiger partial charge >= 0.3 is 6.03 Å². The Morgan fingerprint density at radius 2 is 1.89 bits per heavy atom. The Morgan fingerprint density at radius 3 is 2.67 bits per heavy atom. The molecule has 3 atom stereocenters. The summed E-state index contributed by atoms with van der Waals surface area (Å²) in [5.41, 5.74) is 1.96. The number of hydrogen-bond donors (Lipinski definition) is 3. The first-order valence-electron chi connectivity index (χ1n) is 12.5. The van der Waals surface area contributed by atoms with Gasteiger partial charge in [0.15, 0.2) is 0 Å². The quantitative estimate of drug-likeness (QED) is 0.547.